The van der Waals surface area contributed by atoms with Gasteiger partial charge in [-0.3, -0.25) is 4.79 Å². The zero-order chi connectivity index (χ0) is 15.9. The molecule has 0 saturated heterocycles. The Morgan fingerprint density at radius 3 is 2.09 bits per heavy atom. The van der Waals surface area contributed by atoms with Gasteiger partial charge in [0.15, 0.2) is 0 Å². The number of nitriles is 1. The molecule has 1 amide bonds. The van der Waals surface area contributed by atoms with Gasteiger partial charge < -0.3 is 10.2 Å². The molecular weight excluding hydrogens is 274 g/mol. The van der Waals surface area contributed by atoms with Crippen LogP contribution in [0.15, 0.2) is 48.5 Å². The Hall–Kier alpha value is -2.64. The van der Waals surface area contributed by atoms with E-state index < -0.39 is 0 Å². The summed E-state index contributed by atoms with van der Waals surface area (Å²) in [5.41, 5.74) is 3.34. The first-order valence-corrected chi connectivity index (χ1v) is 7.13. The van der Waals surface area contributed by atoms with Crippen LogP contribution in [0.4, 0.5) is 0 Å². The van der Waals surface area contributed by atoms with Gasteiger partial charge >= 0.3 is 0 Å². The molecule has 22 heavy (non-hydrogen) atoms. The van der Waals surface area contributed by atoms with Crippen molar-refractivity contribution in [3.05, 3.63) is 59.7 Å². The second kappa shape index (κ2) is 7.39. The van der Waals surface area contributed by atoms with Gasteiger partial charge in [-0.2, -0.15) is 5.26 Å². The zero-order valence-corrected chi connectivity index (χ0v) is 12.8. The zero-order valence-electron chi connectivity index (χ0n) is 12.8. The highest BCUT2D eigenvalue weighted by molar-refractivity contribution is 5.94. The fraction of sp³-hybridized carbons (Fsp3) is 0.222. The maximum atomic E-state index is 12.0. The van der Waals surface area contributed by atoms with Crippen LogP contribution in [0.25, 0.3) is 11.1 Å². The van der Waals surface area contributed by atoms with E-state index in [1.165, 1.54) is 0 Å². The Balaban J connectivity index is 2.03. The van der Waals surface area contributed by atoms with Crippen LogP contribution in [0.5, 0.6) is 0 Å². The molecule has 0 radical (unpaired) electrons. The number of benzene rings is 2. The molecule has 0 heterocycles. The standard InChI is InChI=1S/C18H19N3O/c1-21(2)12-11-20-18(22)17-9-7-16(8-10-17)15-5-3-14(13-19)4-6-15/h3-10H,11-12H2,1-2H3,(H,20,22). The van der Waals surface area contributed by atoms with E-state index in [0.717, 1.165) is 17.7 Å². The SMILES string of the molecule is CN(C)CCNC(=O)c1ccc(-c2ccc(C#N)cc2)cc1. The van der Waals surface area contributed by atoms with Crippen molar-refractivity contribution in [2.45, 2.75) is 0 Å². The van der Waals surface area contributed by atoms with Crippen molar-refractivity contribution in [2.75, 3.05) is 27.2 Å². The lowest BCUT2D eigenvalue weighted by Gasteiger charge is -2.10. The summed E-state index contributed by atoms with van der Waals surface area (Å²) < 4.78 is 0. The van der Waals surface area contributed by atoms with Crippen molar-refractivity contribution in [1.82, 2.24) is 10.2 Å². The first-order valence-electron chi connectivity index (χ1n) is 7.13. The largest absolute Gasteiger partial charge is 0.351 e. The van der Waals surface area contributed by atoms with Crippen LogP contribution in [-0.2, 0) is 0 Å². The summed E-state index contributed by atoms with van der Waals surface area (Å²) in [5.74, 6) is -0.0618. The van der Waals surface area contributed by atoms with E-state index in [0.29, 0.717) is 17.7 Å². The minimum Gasteiger partial charge on any atom is -0.351 e. The van der Waals surface area contributed by atoms with Crippen molar-refractivity contribution in [3.8, 4) is 17.2 Å². The number of amides is 1. The topological polar surface area (TPSA) is 56.1 Å². The minimum absolute atomic E-state index is 0.0618. The lowest BCUT2D eigenvalue weighted by atomic mass is 10.0. The van der Waals surface area contributed by atoms with Gasteiger partial charge in [-0.05, 0) is 49.5 Å². The van der Waals surface area contributed by atoms with Crippen molar-refractivity contribution in [2.24, 2.45) is 0 Å². The van der Waals surface area contributed by atoms with E-state index in [-0.39, 0.29) is 5.91 Å². The molecule has 2 rings (SSSR count). The Bertz CT molecular complexity index is 667. The highest BCUT2D eigenvalue weighted by atomic mass is 16.1. The fourth-order valence-corrected chi connectivity index (χ4v) is 2.05. The summed E-state index contributed by atoms with van der Waals surface area (Å²) in [6, 6.07) is 17.0. The summed E-state index contributed by atoms with van der Waals surface area (Å²) in [6.45, 7) is 1.44. The molecular formula is C18H19N3O. The molecule has 0 aliphatic carbocycles. The number of nitrogens with one attached hydrogen (secondary N) is 1. The summed E-state index contributed by atoms with van der Waals surface area (Å²) in [7, 11) is 3.94. The lowest BCUT2D eigenvalue weighted by molar-refractivity contribution is 0.0951. The number of hydrogen-bond donors (Lipinski definition) is 1. The van der Waals surface area contributed by atoms with Crippen LogP contribution in [0.2, 0.25) is 0 Å². The van der Waals surface area contributed by atoms with Crippen molar-refractivity contribution < 1.29 is 4.79 Å². The summed E-state index contributed by atoms with van der Waals surface area (Å²) in [5, 5.41) is 11.7. The molecule has 0 unspecified atom stereocenters. The quantitative estimate of drug-likeness (QED) is 0.921. The van der Waals surface area contributed by atoms with E-state index in [4.69, 9.17) is 5.26 Å². The van der Waals surface area contributed by atoms with Gasteiger partial charge in [0.05, 0.1) is 11.6 Å². The van der Waals surface area contributed by atoms with Gasteiger partial charge in [0.1, 0.15) is 0 Å². The molecule has 0 atom stereocenters. The first kappa shape index (κ1) is 15.7. The summed E-state index contributed by atoms with van der Waals surface area (Å²) in [4.78, 5) is 14.0. The highest BCUT2D eigenvalue weighted by Crippen LogP contribution is 2.20. The molecule has 4 nitrogen and oxygen atoms in total. The Kier molecular flexibility index (Phi) is 5.29. The normalized spacial score (nSPS) is 10.3. The van der Waals surface area contributed by atoms with Crippen LogP contribution in [0.3, 0.4) is 0 Å². The predicted molar refractivity (Wildman–Crippen MR) is 87.5 cm³/mol. The first-order chi connectivity index (χ1) is 10.6. The Morgan fingerprint density at radius 1 is 1.05 bits per heavy atom. The Labute approximate surface area is 131 Å². The molecule has 0 saturated carbocycles. The smallest absolute Gasteiger partial charge is 0.251 e. The van der Waals surface area contributed by atoms with E-state index in [2.05, 4.69) is 11.4 Å². The van der Waals surface area contributed by atoms with Crippen molar-refractivity contribution >= 4 is 5.91 Å². The molecule has 0 aliphatic heterocycles. The lowest BCUT2D eigenvalue weighted by Crippen LogP contribution is -2.31. The van der Waals surface area contributed by atoms with Crippen molar-refractivity contribution in [1.29, 1.82) is 5.26 Å². The molecule has 0 aliphatic rings. The maximum absolute atomic E-state index is 12.0. The van der Waals surface area contributed by atoms with Gasteiger partial charge in [0, 0.05) is 18.7 Å². The number of carbonyl (C=O) groups is 1. The van der Waals surface area contributed by atoms with Crippen molar-refractivity contribution in [3.63, 3.8) is 0 Å². The summed E-state index contributed by atoms with van der Waals surface area (Å²) >= 11 is 0. The summed E-state index contributed by atoms with van der Waals surface area (Å²) in [6.07, 6.45) is 0. The second-order valence-electron chi connectivity index (χ2n) is 5.33. The highest BCUT2D eigenvalue weighted by Gasteiger charge is 2.05. The Morgan fingerprint density at radius 2 is 1.59 bits per heavy atom. The average Bonchev–Trinajstić information content (AvgIpc) is 2.54. The van der Waals surface area contributed by atoms with Gasteiger partial charge in [-0.25, -0.2) is 0 Å². The van der Waals surface area contributed by atoms with E-state index >= 15 is 0 Å². The molecule has 2 aromatic rings. The van der Waals surface area contributed by atoms with Crippen LogP contribution in [0, 0.1) is 11.3 Å². The monoisotopic (exact) mass is 293 g/mol. The molecule has 112 valence electrons. The molecule has 2 aromatic carbocycles. The number of hydrogen-bond acceptors (Lipinski definition) is 3. The van der Waals surface area contributed by atoms with Gasteiger partial charge in [-0.1, -0.05) is 24.3 Å². The third kappa shape index (κ3) is 4.18. The van der Waals surface area contributed by atoms with Gasteiger partial charge in [0.25, 0.3) is 5.91 Å². The minimum atomic E-state index is -0.0618. The number of carbonyl (C=O) groups excluding carboxylic acids is 1. The second-order valence-corrected chi connectivity index (χ2v) is 5.33. The fourth-order valence-electron chi connectivity index (χ4n) is 2.05. The third-order valence-corrected chi connectivity index (χ3v) is 3.34. The third-order valence-electron chi connectivity index (χ3n) is 3.34. The number of likely N-dealkylation sites (N-methyl/N-ethyl adjacent to an activating group) is 1. The molecule has 0 bridgehead atoms. The predicted octanol–water partition coefficient (Wildman–Crippen LogP) is 2.52. The van der Waals surface area contributed by atoms with Gasteiger partial charge in [0.2, 0.25) is 0 Å². The molecule has 4 heteroatoms. The molecule has 1 N–H and O–H groups in total. The van der Waals surface area contributed by atoms with E-state index in [1.54, 1.807) is 12.1 Å². The van der Waals surface area contributed by atoms with Crippen LogP contribution >= 0.6 is 0 Å². The average molecular weight is 293 g/mol. The van der Waals surface area contributed by atoms with E-state index in [9.17, 15) is 4.79 Å². The van der Waals surface area contributed by atoms with E-state index in [1.807, 2.05) is 55.4 Å². The molecule has 0 spiro atoms. The maximum Gasteiger partial charge on any atom is 0.251 e. The van der Waals surface area contributed by atoms with Crippen LogP contribution in [0.1, 0.15) is 15.9 Å². The van der Waals surface area contributed by atoms with Gasteiger partial charge in [-0.15, -0.1) is 0 Å². The number of rotatable bonds is 5. The van der Waals surface area contributed by atoms with Crippen LogP contribution < -0.4 is 5.32 Å². The molecule has 0 fully saturated rings. The number of nitrogens with zero attached hydrogens (tertiary/aromatic N) is 2. The van der Waals surface area contributed by atoms with Crippen LogP contribution in [-0.4, -0.2) is 38.0 Å². The molecule has 0 aromatic heterocycles.